The van der Waals surface area contributed by atoms with E-state index in [0.717, 1.165) is 24.8 Å². The smallest absolute Gasteiger partial charge is 0.0712 e. The predicted octanol–water partition coefficient (Wildman–Crippen LogP) is 5.44. The second-order valence-corrected chi connectivity index (χ2v) is 5.88. The summed E-state index contributed by atoms with van der Waals surface area (Å²) < 4.78 is 0. The Kier molecular flexibility index (Phi) is 5.58. The lowest BCUT2D eigenvalue weighted by Gasteiger charge is -2.11. The maximum Gasteiger partial charge on any atom is 0.0712 e. The van der Waals surface area contributed by atoms with Crippen molar-refractivity contribution in [2.45, 2.75) is 44.9 Å². The van der Waals surface area contributed by atoms with Gasteiger partial charge in [0.1, 0.15) is 0 Å². The van der Waals surface area contributed by atoms with Crippen LogP contribution in [0.1, 0.15) is 55.2 Å². The van der Waals surface area contributed by atoms with Crippen LogP contribution in [0.3, 0.4) is 0 Å². The summed E-state index contributed by atoms with van der Waals surface area (Å²) >= 11 is 0. The van der Waals surface area contributed by atoms with Gasteiger partial charge < -0.3 is 0 Å². The summed E-state index contributed by atoms with van der Waals surface area (Å²) in [4.78, 5) is 0. The fourth-order valence-electron chi connectivity index (χ4n) is 2.57. The van der Waals surface area contributed by atoms with Crippen molar-refractivity contribution in [1.82, 2.24) is 0 Å². The quantitative estimate of drug-likeness (QED) is 0.689. The number of hydrogen-bond acceptors (Lipinski definition) is 1. The maximum atomic E-state index is 9.41. The molecule has 0 aliphatic heterocycles. The van der Waals surface area contributed by atoms with E-state index in [1.165, 1.54) is 11.1 Å². The summed E-state index contributed by atoms with van der Waals surface area (Å²) in [7, 11) is 0. The van der Waals surface area contributed by atoms with Gasteiger partial charge in [0.25, 0.3) is 0 Å². The van der Waals surface area contributed by atoms with Gasteiger partial charge in [-0.1, -0.05) is 68.4 Å². The van der Waals surface area contributed by atoms with Gasteiger partial charge in [0.15, 0.2) is 0 Å². The maximum absolute atomic E-state index is 9.41. The minimum absolute atomic E-state index is 0.00919. The van der Waals surface area contributed by atoms with Crippen LogP contribution in [0.5, 0.6) is 0 Å². The number of rotatable bonds is 6. The number of aryl methyl sites for hydroxylation is 1. The van der Waals surface area contributed by atoms with Crippen molar-refractivity contribution in [2.75, 3.05) is 0 Å². The highest BCUT2D eigenvalue weighted by Gasteiger charge is 2.10. The second-order valence-electron chi connectivity index (χ2n) is 5.88. The highest BCUT2D eigenvalue weighted by molar-refractivity contribution is 5.30. The fraction of sp³-hybridized carbons (Fsp3) is 0.350. The molecule has 0 saturated carbocycles. The van der Waals surface area contributed by atoms with Crippen LogP contribution >= 0.6 is 0 Å². The zero-order valence-corrected chi connectivity index (χ0v) is 12.9. The summed E-state index contributed by atoms with van der Waals surface area (Å²) in [6, 6.07) is 21.5. The lowest BCUT2D eigenvalue weighted by molar-refractivity contribution is 0.683. The average Bonchev–Trinajstić information content (AvgIpc) is 2.53. The molecule has 21 heavy (non-hydrogen) atoms. The monoisotopic (exact) mass is 277 g/mol. The van der Waals surface area contributed by atoms with Crippen molar-refractivity contribution in [3.05, 3.63) is 71.3 Å². The zero-order valence-electron chi connectivity index (χ0n) is 12.9. The predicted molar refractivity (Wildman–Crippen MR) is 88.3 cm³/mol. The van der Waals surface area contributed by atoms with Gasteiger partial charge in [0, 0.05) is 0 Å². The van der Waals surface area contributed by atoms with Crippen molar-refractivity contribution in [3.8, 4) is 6.07 Å². The van der Waals surface area contributed by atoms with Gasteiger partial charge in [-0.15, -0.1) is 0 Å². The van der Waals surface area contributed by atoms with Crippen molar-refractivity contribution < 1.29 is 0 Å². The number of hydrogen-bond donors (Lipinski definition) is 0. The fourth-order valence-corrected chi connectivity index (χ4v) is 2.57. The van der Waals surface area contributed by atoms with E-state index in [4.69, 9.17) is 0 Å². The Bertz CT molecular complexity index is 575. The van der Waals surface area contributed by atoms with E-state index < -0.39 is 0 Å². The molecular formula is C20H23N. The van der Waals surface area contributed by atoms with E-state index in [1.807, 2.05) is 6.07 Å². The molecule has 0 spiro atoms. The molecule has 0 aliphatic rings. The minimum Gasteiger partial charge on any atom is -0.198 e. The van der Waals surface area contributed by atoms with Gasteiger partial charge in [0.05, 0.1) is 12.0 Å². The molecule has 0 aliphatic carbocycles. The molecule has 0 bridgehead atoms. The third kappa shape index (κ3) is 4.46. The molecule has 2 aromatic rings. The summed E-state index contributed by atoms with van der Waals surface area (Å²) in [6.45, 7) is 4.38. The van der Waals surface area contributed by atoms with Crippen LogP contribution in [0.4, 0.5) is 0 Å². The van der Waals surface area contributed by atoms with E-state index in [2.05, 4.69) is 68.4 Å². The molecular weight excluding hydrogens is 254 g/mol. The van der Waals surface area contributed by atoms with Gasteiger partial charge >= 0.3 is 0 Å². The van der Waals surface area contributed by atoms with Crippen LogP contribution in [-0.4, -0.2) is 0 Å². The summed E-state index contributed by atoms with van der Waals surface area (Å²) in [5, 5.41) is 9.41. The Morgan fingerprint density at radius 2 is 1.52 bits per heavy atom. The molecule has 0 N–H and O–H groups in total. The van der Waals surface area contributed by atoms with Crippen LogP contribution < -0.4 is 0 Å². The Morgan fingerprint density at radius 1 is 0.905 bits per heavy atom. The summed E-state index contributed by atoms with van der Waals surface area (Å²) in [5.74, 6) is 0.549. The molecule has 0 heterocycles. The van der Waals surface area contributed by atoms with Gasteiger partial charge in [-0.2, -0.15) is 5.26 Å². The lowest BCUT2D eigenvalue weighted by Crippen LogP contribution is -1.98. The first kappa shape index (κ1) is 15.3. The van der Waals surface area contributed by atoms with Crippen molar-refractivity contribution in [3.63, 3.8) is 0 Å². The Hall–Kier alpha value is -2.07. The van der Waals surface area contributed by atoms with E-state index in [-0.39, 0.29) is 5.92 Å². The van der Waals surface area contributed by atoms with E-state index >= 15 is 0 Å². The molecule has 2 aromatic carbocycles. The lowest BCUT2D eigenvalue weighted by atomic mass is 9.92. The Morgan fingerprint density at radius 3 is 2.10 bits per heavy atom. The summed E-state index contributed by atoms with van der Waals surface area (Å²) in [5.41, 5.74) is 3.83. The zero-order chi connectivity index (χ0) is 15.1. The molecule has 0 saturated heterocycles. The van der Waals surface area contributed by atoms with Crippen molar-refractivity contribution in [1.29, 1.82) is 5.26 Å². The molecule has 0 aromatic heterocycles. The standard InChI is InChI=1S/C20H23N/c1-16(2)18-11-13-19(14-12-18)20(15-21)10-6-9-17-7-4-3-5-8-17/h3-5,7-8,11-14,16,20H,6,9-10H2,1-2H3. The Balaban J connectivity index is 1.92. The number of nitrogens with zero attached hydrogens (tertiary/aromatic N) is 1. The van der Waals surface area contributed by atoms with E-state index in [1.54, 1.807) is 0 Å². The first-order chi connectivity index (χ1) is 10.2. The largest absolute Gasteiger partial charge is 0.198 e. The van der Waals surface area contributed by atoms with Crippen LogP contribution in [0.2, 0.25) is 0 Å². The normalized spacial score (nSPS) is 12.1. The molecule has 1 heteroatoms. The molecule has 1 nitrogen and oxygen atoms in total. The average molecular weight is 277 g/mol. The minimum atomic E-state index is 0.00919. The van der Waals surface area contributed by atoms with Gasteiger partial charge in [-0.05, 0) is 41.9 Å². The molecule has 108 valence electrons. The third-order valence-corrected chi connectivity index (χ3v) is 3.96. The number of benzene rings is 2. The number of nitriles is 1. The first-order valence-electron chi connectivity index (χ1n) is 7.74. The second kappa shape index (κ2) is 7.64. The van der Waals surface area contributed by atoms with Crippen LogP contribution in [0.25, 0.3) is 0 Å². The highest BCUT2D eigenvalue weighted by atomic mass is 14.3. The van der Waals surface area contributed by atoms with Crippen LogP contribution in [0, 0.1) is 11.3 Å². The van der Waals surface area contributed by atoms with Crippen molar-refractivity contribution in [2.24, 2.45) is 0 Å². The van der Waals surface area contributed by atoms with E-state index in [0.29, 0.717) is 5.92 Å². The van der Waals surface area contributed by atoms with Crippen molar-refractivity contribution >= 4 is 0 Å². The topological polar surface area (TPSA) is 23.8 Å². The molecule has 1 atom stereocenters. The van der Waals surface area contributed by atoms with Crippen LogP contribution in [0.15, 0.2) is 54.6 Å². The van der Waals surface area contributed by atoms with Gasteiger partial charge in [-0.3, -0.25) is 0 Å². The molecule has 0 amide bonds. The summed E-state index contributed by atoms with van der Waals surface area (Å²) in [6.07, 6.45) is 3.02. The third-order valence-electron chi connectivity index (χ3n) is 3.96. The van der Waals surface area contributed by atoms with E-state index in [9.17, 15) is 5.26 Å². The van der Waals surface area contributed by atoms with Gasteiger partial charge in [0.2, 0.25) is 0 Å². The molecule has 2 rings (SSSR count). The van der Waals surface area contributed by atoms with Gasteiger partial charge in [-0.25, -0.2) is 0 Å². The molecule has 0 radical (unpaired) electrons. The SMILES string of the molecule is CC(C)c1ccc(C(C#N)CCCc2ccccc2)cc1. The first-order valence-corrected chi connectivity index (χ1v) is 7.74. The molecule has 1 unspecified atom stereocenters. The van der Waals surface area contributed by atoms with Crippen LogP contribution in [-0.2, 0) is 6.42 Å². The highest BCUT2D eigenvalue weighted by Crippen LogP contribution is 2.24. The molecule has 0 fully saturated rings. The Labute approximate surface area is 128 Å².